The lowest BCUT2D eigenvalue weighted by Crippen LogP contribution is -2.71. The molecule has 0 spiro atoms. The summed E-state index contributed by atoms with van der Waals surface area (Å²) in [6.07, 6.45) is 5.26. The normalized spacial score (nSPS) is 20.3. The number of allylic oxidation sites excluding steroid dienone is 3. The monoisotopic (exact) mass is 820 g/mol. The number of amidine groups is 1. The number of amides is 3. The third-order valence-electron chi connectivity index (χ3n) is 7.97. The first-order valence-electron chi connectivity index (χ1n) is 15.9. The van der Waals surface area contributed by atoms with Crippen molar-refractivity contribution in [1.82, 2.24) is 30.5 Å². The number of fused-ring (bicyclic) bond motifs is 1. The first-order valence-corrected chi connectivity index (χ1v) is 18.1. The number of hydrogen-bond donors (Lipinski definition) is 9. The van der Waals surface area contributed by atoms with Crippen LogP contribution in [0.15, 0.2) is 83.6 Å². The van der Waals surface area contributed by atoms with Gasteiger partial charge in [0.25, 0.3) is 17.7 Å². The molecule has 3 atom stereocenters. The van der Waals surface area contributed by atoms with Gasteiger partial charge in [-0.05, 0) is 18.6 Å². The molecule has 4 aliphatic rings. The molecule has 292 valence electrons. The molecule has 4 aliphatic heterocycles. The number of β-lactam (4-membered cyclic amide) rings is 1. The molecule has 1 fully saturated rings. The van der Waals surface area contributed by atoms with Gasteiger partial charge in [0.2, 0.25) is 11.5 Å². The van der Waals surface area contributed by atoms with Gasteiger partial charge in [0.1, 0.15) is 35.3 Å². The quantitative estimate of drug-likeness (QED) is 0.0347. The Morgan fingerprint density at radius 1 is 1.20 bits per heavy atom. The largest absolute Gasteiger partial charge is 0.503 e. The third kappa shape index (κ3) is 9.01. The molecule has 0 saturated carbocycles. The van der Waals surface area contributed by atoms with E-state index in [0.29, 0.717) is 27.2 Å². The summed E-state index contributed by atoms with van der Waals surface area (Å²) in [6.45, 7) is 1.40. The molecule has 1 aromatic rings. The Morgan fingerprint density at radius 3 is 2.65 bits per heavy atom. The average molecular weight is 821 g/mol. The molecule has 0 aromatic carbocycles. The minimum Gasteiger partial charge on any atom is -0.503 e. The van der Waals surface area contributed by atoms with Crippen LogP contribution < -0.4 is 32.8 Å². The Balaban J connectivity index is 1.25. The summed E-state index contributed by atoms with van der Waals surface area (Å²) in [5.41, 5.74) is 10.7. The molecule has 1 saturated heterocycles. The number of nitrogens with zero attached hydrogens (tertiary/aromatic N) is 5. The highest BCUT2D eigenvalue weighted by molar-refractivity contribution is 8.08. The molecular formula is C31H33ClN10O11S2. The molecule has 0 bridgehead atoms. The molecule has 0 aliphatic carbocycles. The summed E-state index contributed by atoms with van der Waals surface area (Å²) < 4.78 is 0.334. The van der Waals surface area contributed by atoms with E-state index in [1.165, 1.54) is 36.9 Å². The summed E-state index contributed by atoms with van der Waals surface area (Å²) in [5, 5.41) is 49.9. The van der Waals surface area contributed by atoms with Crippen molar-refractivity contribution in [2.45, 2.75) is 24.4 Å². The highest BCUT2D eigenvalue weighted by atomic mass is 35.5. The second kappa shape index (κ2) is 16.9. The highest BCUT2D eigenvalue weighted by Gasteiger charge is 2.54. The molecule has 5 rings (SSSR count). The molecule has 11 N–H and O–H groups in total. The van der Waals surface area contributed by atoms with Crippen LogP contribution in [-0.2, 0) is 24.0 Å². The fourth-order valence-corrected chi connectivity index (χ4v) is 7.62. The van der Waals surface area contributed by atoms with Gasteiger partial charge in [0.15, 0.2) is 11.5 Å². The lowest BCUT2D eigenvalue weighted by Gasteiger charge is -2.49. The molecular weight excluding hydrogens is 788 g/mol. The molecule has 0 radical (unpaired) electrons. The molecule has 21 nitrogen and oxygen atoms in total. The van der Waals surface area contributed by atoms with E-state index in [1.807, 2.05) is 0 Å². The summed E-state index contributed by atoms with van der Waals surface area (Å²) >= 11 is 8.50. The number of aromatic hydroxyl groups is 1. The Kier molecular flexibility index (Phi) is 12.4. The number of carbonyl (C=O) groups is 5. The van der Waals surface area contributed by atoms with Gasteiger partial charge >= 0.3 is 11.9 Å². The Bertz CT molecular complexity index is 2110. The van der Waals surface area contributed by atoms with Gasteiger partial charge in [-0.15, -0.1) is 11.8 Å². The maximum Gasteiger partial charge on any atom is 0.352 e. The number of carbonyl (C=O) groups excluding carboxylic acids is 3. The minimum atomic E-state index is -1.44. The lowest BCUT2D eigenvalue weighted by molar-refractivity contribution is -0.150. The van der Waals surface area contributed by atoms with E-state index in [1.54, 1.807) is 11.1 Å². The van der Waals surface area contributed by atoms with Crippen molar-refractivity contribution >= 4 is 76.3 Å². The number of pyridine rings is 1. The molecule has 24 heteroatoms. The fraction of sp³-hybridized carbons (Fsp3) is 0.290. The van der Waals surface area contributed by atoms with Crippen LogP contribution >= 0.6 is 35.1 Å². The zero-order valence-electron chi connectivity index (χ0n) is 28.5. The third-order valence-corrected chi connectivity index (χ3v) is 10.5. The van der Waals surface area contributed by atoms with Crippen molar-refractivity contribution in [3.8, 4) is 5.75 Å². The van der Waals surface area contributed by atoms with Crippen molar-refractivity contribution in [1.29, 1.82) is 0 Å². The summed E-state index contributed by atoms with van der Waals surface area (Å²) in [4.78, 5) is 86.9. The first-order chi connectivity index (χ1) is 26.1. The van der Waals surface area contributed by atoms with E-state index in [0.717, 1.165) is 22.7 Å². The second-order valence-electron chi connectivity index (χ2n) is 11.8. The number of rotatable bonds is 14. The van der Waals surface area contributed by atoms with Crippen molar-refractivity contribution in [2.24, 2.45) is 21.6 Å². The van der Waals surface area contributed by atoms with Gasteiger partial charge in [-0.3, -0.25) is 24.1 Å². The van der Waals surface area contributed by atoms with Gasteiger partial charge in [-0.25, -0.2) is 14.6 Å². The number of nitrogens with one attached hydrogen (secondary N) is 3. The van der Waals surface area contributed by atoms with E-state index in [-0.39, 0.29) is 53.5 Å². The van der Waals surface area contributed by atoms with Crippen LogP contribution in [0, 0.1) is 0 Å². The number of nitrogens with two attached hydrogens (primary N) is 2. The molecule has 1 unspecified atom stereocenters. The molecule has 3 amide bonds. The van der Waals surface area contributed by atoms with Crippen LogP contribution in [0.25, 0.3) is 0 Å². The maximum atomic E-state index is 13.6. The smallest absolute Gasteiger partial charge is 0.352 e. The van der Waals surface area contributed by atoms with Gasteiger partial charge in [-0.2, -0.15) is 4.73 Å². The van der Waals surface area contributed by atoms with Crippen LogP contribution in [0.1, 0.15) is 17.4 Å². The zero-order valence-corrected chi connectivity index (χ0v) is 30.9. The molecule has 1 aromatic heterocycles. The standard InChI is InChI=1S/C31H33ClN10O11S2/c1-13(30(48)49)53-39-21(15-3-2-4-20(33)55-24(15)32)27(46)38-22-28(47)42-23(31(50)51)14(11-54-29(22)42)8-40-9-16(25(34)37-12-40)35-5-6-36-26(45)17-7-18(43)19(44)10-41(17)52/h2-4,7,9-10,13,22,29,35,44,52H,5-6,8,11-12,33H2,1H3,(H2,34,37)(H,36,45)(H,38,46)(H,48,49)(H,50,51)/b39-21-/t13-,22+,29?/m0/s1. The Morgan fingerprint density at radius 2 is 1.95 bits per heavy atom. The van der Waals surface area contributed by atoms with E-state index >= 15 is 0 Å². The number of aliphatic carboxylic acids is 2. The predicted octanol–water partition coefficient (Wildman–Crippen LogP) is -1.28. The minimum absolute atomic E-state index is 0.00755. The molecule has 5 heterocycles. The van der Waals surface area contributed by atoms with Crippen LogP contribution in [0.5, 0.6) is 5.75 Å². The molecule has 55 heavy (non-hydrogen) atoms. The Labute approximate surface area is 323 Å². The number of oxime groups is 1. The second-order valence-corrected chi connectivity index (χ2v) is 14.6. The van der Waals surface area contributed by atoms with Crippen LogP contribution in [0.4, 0.5) is 0 Å². The highest BCUT2D eigenvalue weighted by Crippen LogP contribution is 2.41. The van der Waals surface area contributed by atoms with Crippen molar-refractivity contribution in [2.75, 3.05) is 32.1 Å². The van der Waals surface area contributed by atoms with Gasteiger partial charge < -0.3 is 57.7 Å². The summed E-state index contributed by atoms with van der Waals surface area (Å²) in [5.74, 6) is -5.64. The van der Waals surface area contributed by atoms with Crippen LogP contribution in [0.3, 0.4) is 0 Å². The van der Waals surface area contributed by atoms with Crippen molar-refractivity contribution < 1.29 is 49.3 Å². The van der Waals surface area contributed by atoms with E-state index in [9.17, 15) is 49.3 Å². The summed E-state index contributed by atoms with van der Waals surface area (Å²) in [7, 11) is 0. The van der Waals surface area contributed by atoms with E-state index in [2.05, 4.69) is 26.1 Å². The number of aliphatic imine (C=N–C) groups is 1. The van der Waals surface area contributed by atoms with E-state index in [4.69, 9.17) is 27.9 Å². The van der Waals surface area contributed by atoms with Gasteiger partial charge in [0, 0.05) is 43.2 Å². The van der Waals surface area contributed by atoms with Gasteiger partial charge in [-0.1, -0.05) is 40.7 Å². The number of carboxylic acid groups (broad SMARTS) is 2. The average Bonchev–Trinajstić information content (AvgIpc) is 3.30. The Hall–Kier alpha value is -6.07. The van der Waals surface area contributed by atoms with E-state index < -0.39 is 69.8 Å². The van der Waals surface area contributed by atoms with Crippen LogP contribution in [0.2, 0.25) is 0 Å². The summed E-state index contributed by atoms with van der Waals surface area (Å²) in [6, 6.07) is -0.414. The SMILES string of the molecule is C[C@H](O/N=C(\C(=O)N[C@@H]1C(=O)N2C(C(=O)O)=C(CN3C=C(NCCNC(=O)c4cc(=O)c(O)cn4O)C(N)=NC3)CSC12)C1=C(Cl)SC(N)=CC=C1)C(=O)O. The fourth-order valence-electron chi connectivity index (χ4n) is 5.24. The number of aromatic nitrogens is 1. The zero-order chi connectivity index (χ0) is 40.1. The predicted molar refractivity (Wildman–Crippen MR) is 198 cm³/mol. The number of halogens is 1. The number of carboxylic acids is 2. The first kappa shape index (κ1) is 40.1. The van der Waals surface area contributed by atoms with Crippen LogP contribution in [-0.4, -0.2) is 126 Å². The van der Waals surface area contributed by atoms with Gasteiger partial charge in [0.05, 0.1) is 21.3 Å². The maximum absolute atomic E-state index is 13.6. The number of thioether (sulfide) groups is 2. The van der Waals surface area contributed by atoms with Crippen molar-refractivity contribution in [3.05, 3.63) is 84.5 Å². The topological polar surface area (TPSA) is 317 Å². The van der Waals surface area contributed by atoms with Crippen molar-refractivity contribution in [3.63, 3.8) is 0 Å². The lowest BCUT2D eigenvalue weighted by atomic mass is 10.0. The number of hydrogen-bond acceptors (Lipinski definition) is 17.